The zero-order valence-corrected chi connectivity index (χ0v) is 14.0. The first-order valence-electron chi connectivity index (χ1n) is 7.43. The maximum absolute atomic E-state index is 6.09. The van der Waals surface area contributed by atoms with E-state index in [1.54, 1.807) is 0 Å². The van der Waals surface area contributed by atoms with Gasteiger partial charge in [0, 0.05) is 23.9 Å². The summed E-state index contributed by atoms with van der Waals surface area (Å²) in [5.41, 5.74) is 4.61. The van der Waals surface area contributed by atoms with Crippen LogP contribution < -0.4 is 0 Å². The minimum absolute atomic E-state index is 0.647. The van der Waals surface area contributed by atoms with Crippen LogP contribution in [0.2, 0.25) is 5.02 Å². The lowest BCUT2D eigenvalue weighted by Gasteiger charge is -2.09. The normalized spacial score (nSPS) is 11.2. The molecule has 0 aliphatic rings. The Bertz CT molecular complexity index is 776. The molecule has 0 N–H and O–H groups in total. The molecular formula is C18H18Cl2N2. The van der Waals surface area contributed by atoms with Crippen LogP contribution in [0.5, 0.6) is 0 Å². The van der Waals surface area contributed by atoms with Crippen LogP contribution in [-0.4, -0.2) is 15.4 Å². The number of halogens is 2. The van der Waals surface area contributed by atoms with E-state index in [1.807, 2.05) is 18.2 Å². The average molecular weight is 333 g/mol. The quantitative estimate of drug-likeness (QED) is 0.586. The topological polar surface area (TPSA) is 17.8 Å². The van der Waals surface area contributed by atoms with Crippen molar-refractivity contribution in [2.45, 2.75) is 26.3 Å². The fourth-order valence-electron chi connectivity index (χ4n) is 2.62. The lowest BCUT2D eigenvalue weighted by Crippen LogP contribution is -2.05. The summed E-state index contributed by atoms with van der Waals surface area (Å²) in [7, 11) is 0. The van der Waals surface area contributed by atoms with E-state index in [1.165, 1.54) is 11.1 Å². The number of aromatic nitrogens is 2. The van der Waals surface area contributed by atoms with Crippen molar-refractivity contribution in [2.24, 2.45) is 0 Å². The van der Waals surface area contributed by atoms with Crippen LogP contribution in [0.4, 0.5) is 0 Å². The molecule has 0 spiro atoms. The van der Waals surface area contributed by atoms with Crippen molar-refractivity contribution >= 4 is 34.2 Å². The molecule has 4 heteroatoms. The standard InChI is InChI=1S/C18H18Cl2N2/c1-13-4-6-14(7-5-13)12-22-17-9-8-15(20)11-16(17)21-18(22)3-2-10-19/h4-9,11H,2-3,10,12H2,1H3. The van der Waals surface area contributed by atoms with Gasteiger partial charge in [-0.2, -0.15) is 0 Å². The summed E-state index contributed by atoms with van der Waals surface area (Å²) in [6, 6.07) is 14.5. The number of aryl methyl sites for hydroxylation is 2. The van der Waals surface area contributed by atoms with Gasteiger partial charge in [0.25, 0.3) is 0 Å². The van der Waals surface area contributed by atoms with E-state index >= 15 is 0 Å². The third kappa shape index (κ3) is 3.29. The molecule has 114 valence electrons. The second kappa shape index (κ2) is 6.72. The number of nitrogens with zero attached hydrogens (tertiary/aromatic N) is 2. The van der Waals surface area contributed by atoms with Gasteiger partial charge in [-0.3, -0.25) is 0 Å². The molecule has 0 atom stereocenters. The maximum atomic E-state index is 6.09. The first kappa shape index (κ1) is 15.4. The molecule has 2 aromatic carbocycles. The van der Waals surface area contributed by atoms with Gasteiger partial charge in [0.15, 0.2) is 0 Å². The van der Waals surface area contributed by atoms with E-state index < -0.39 is 0 Å². The second-order valence-corrected chi connectivity index (χ2v) is 6.34. The van der Waals surface area contributed by atoms with Crippen molar-refractivity contribution in [1.82, 2.24) is 9.55 Å². The summed E-state index contributed by atoms with van der Waals surface area (Å²) in [5, 5.41) is 0.719. The van der Waals surface area contributed by atoms with Crippen molar-refractivity contribution in [2.75, 3.05) is 5.88 Å². The third-order valence-corrected chi connectivity index (χ3v) is 4.29. The highest BCUT2D eigenvalue weighted by atomic mass is 35.5. The Hall–Kier alpha value is -1.51. The van der Waals surface area contributed by atoms with Gasteiger partial charge in [0.2, 0.25) is 0 Å². The molecule has 0 aliphatic heterocycles. The van der Waals surface area contributed by atoms with Crippen molar-refractivity contribution in [3.8, 4) is 0 Å². The van der Waals surface area contributed by atoms with Crippen LogP contribution in [0.25, 0.3) is 11.0 Å². The molecule has 0 amide bonds. The van der Waals surface area contributed by atoms with Crippen molar-refractivity contribution in [3.05, 3.63) is 64.4 Å². The molecule has 0 saturated carbocycles. The minimum atomic E-state index is 0.647. The molecule has 2 nitrogen and oxygen atoms in total. The number of rotatable bonds is 5. The van der Waals surface area contributed by atoms with Gasteiger partial charge >= 0.3 is 0 Å². The molecule has 0 radical (unpaired) electrons. The number of hydrogen-bond donors (Lipinski definition) is 0. The summed E-state index contributed by atoms with van der Waals surface area (Å²) in [6.07, 6.45) is 1.80. The van der Waals surface area contributed by atoms with E-state index in [0.717, 1.165) is 41.3 Å². The Morgan fingerprint density at radius 2 is 1.86 bits per heavy atom. The largest absolute Gasteiger partial charge is 0.323 e. The Balaban J connectivity index is 2.02. The van der Waals surface area contributed by atoms with Crippen molar-refractivity contribution < 1.29 is 0 Å². The summed E-state index contributed by atoms with van der Waals surface area (Å²) < 4.78 is 2.27. The zero-order chi connectivity index (χ0) is 15.5. The van der Waals surface area contributed by atoms with Crippen LogP contribution in [0.3, 0.4) is 0 Å². The smallest absolute Gasteiger partial charge is 0.110 e. The van der Waals surface area contributed by atoms with E-state index in [0.29, 0.717) is 5.88 Å². The molecule has 22 heavy (non-hydrogen) atoms. The lowest BCUT2D eigenvalue weighted by molar-refractivity contribution is 0.723. The predicted octanol–water partition coefficient (Wildman–Crippen LogP) is 5.22. The summed E-state index contributed by atoms with van der Waals surface area (Å²) in [6.45, 7) is 2.92. The van der Waals surface area contributed by atoms with Gasteiger partial charge in [0.1, 0.15) is 5.82 Å². The number of hydrogen-bond acceptors (Lipinski definition) is 1. The highest BCUT2D eigenvalue weighted by Crippen LogP contribution is 2.22. The van der Waals surface area contributed by atoms with Crippen LogP contribution in [-0.2, 0) is 13.0 Å². The summed E-state index contributed by atoms with van der Waals surface area (Å²) >= 11 is 11.9. The van der Waals surface area contributed by atoms with Gasteiger partial charge < -0.3 is 4.57 Å². The first-order valence-corrected chi connectivity index (χ1v) is 8.35. The Labute approximate surface area is 140 Å². The molecule has 1 aromatic heterocycles. The number of alkyl halides is 1. The molecule has 3 aromatic rings. The molecule has 0 fully saturated rings. The molecule has 0 unspecified atom stereocenters. The SMILES string of the molecule is Cc1ccc(Cn2c(CCCCl)nc3cc(Cl)ccc32)cc1. The summed E-state index contributed by atoms with van der Waals surface area (Å²) in [4.78, 5) is 4.74. The average Bonchev–Trinajstić information content (AvgIpc) is 2.84. The fourth-order valence-corrected chi connectivity index (χ4v) is 2.92. The van der Waals surface area contributed by atoms with Crippen LogP contribution >= 0.6 is 23.2 Å². The monoisotopic (exact) mass is 332 g/mol. The van der Waals surface area contributed by atoms with E-state index in [2.05, 4.69) is 35.8 Å². The van der Waals surface area contributed by atoms with E-state index in [-0.39, 0.29) is 0 Å². The molecular weight excluding hydrogens is 315 g/mol. The Kier molecular flexibility index (Phi) is 4.70. The van der Waals surface area contributed by atoms with Gasteiger partial charge in [-0.05, 0) is 37.1 Å². The number of fused-ring (bicyclic) bond motifs is 1. The predicted molar refractivity (Wildman–Crippen MR) is 94.1 cm³/mol. The second-order valence-electron chi connectivity index (χ2n) is 5.53. The summed E-state index contributed by atoms with van der Waals surface area (Å²) in [5.74, 6) is 1.72. The van der Waals surface area contributed by atoms with Gasteiger partial charge in [-0.1, -0.05) is 41.4 Å². The Morgan fingerprint density at radius 1 is 1.09 bits per heavy atom. The Morgan fingerprint density at radius 3 is 2.59 bits per heavy atom. The minimum Gasteiger partial charge on any atom is -0.323 e. The molecule has 0 bridgehead atoms. The molecule has 0 saturated heterocycles. The van der Waals surface area contributed by atoms with Crippen molar-refractivity contribution in [3.63, 3.8) is 0 Å². The number of benzene rings is 2. The van der Waals surface area contributed by atoms with Crippen molar-refractivity contribution in [1.29, 1.82) is 0 Å². The van der Waals surface area contributed by atoms with Gasteiger partial charge in [-0.25, -0.2) is 4.98 Å². The number of imidazole rings is 1. The lowest BCUT2D eigenvalue weighted by atomic mass is 10.1. The van der Waals surface area contributed by atoms with Crippen LogP contribution in [0.15, 0.2) is 42.5 Å². The van der Waals surface area contributed by atoms with E-state index in [4.69, 9.17) is 28.2 Å². The molecule has 1 heterocycles. The highest BCUT2D eigenvalue weighted by Gasteiger charge is 2.11. The van der Waals surface area contributed by atoms with Crippen LogP contribution in [0, 0.1) is 6.92 Å². The molecule has 0 aliphatic carbocycles. The van der Waals surface area contributed by atoms with Gasteiger partial charge in [-0.15, -0.1) is 11.6 Å². The first-order chi connectivity index (χ1) is 10.7. The van der Waals surface area contributed by atoms with Gasteiger partial charge in [0.05, 0.1) is 11.0 Å². The third-order valence-electron chi connectivity index (χ3n) is 3.78. The maximum Gasteiger partial charge on any atom is 0.110 e. The van der Waals surface area contributed by atoms with Crippen LogP contribution in [0.1, 0.15) is 23.4 Å². The zero-order valence-electron chi connectivity index (χ0n) is 12.5. The fraction of sp³-hybridized carbons (Fsp3) is 0.278. The van der Waals surface area contributed by atoms with E-state index in [9.17, 15) is 0 Å². The molecule has 3 rings (SSSR count). The highest BCUT2D eigenvalue weighted by molar-refractivity contribution is 6.31.